The zero-order valence-corrected chi connectivity index (χ0v) is 16.3. The lowest BCUT2D eigenvalue weighted by Crippen LogP contribution is -2.35. The standard InChI is InChI=1S/C19H18Cl2N2O4/c1-23(2)19(26)17(12-6-4-3-5-7-12)27-16(24)11-22-18(25)13-8-9-14(20)15(21)10-13/h3-10,17H,11H2,1-2H3,(H,22,25). The summed E-state index contributed by atoms with van der Waals surface area (Å²) in [5.74, 6) is -1.64. The van der Waals surface area contributed by atoms with Crippen LogP contribution in [0.1, 0.15) is 22.0 Å². The summed E-state index contributed by atoms with van der Waals surface area (Å²) < 4.78 is 5.30. The van der Waals surface area contributed by atoms with Gasteiger partial charge < -0.3 is 15.0 Å². The number of ether oxygens (including phenoxy) is 1. The van der Waals surface area contributed by atoms with Crippen molar-refractivity contribution in [3.8, 4) is 0 Å². The molecule has 2 aromatic rings. The van der Waals surface area contributed by atoms with E-state index in [4.69, 9.17) is 27.9 Å². The van der Waals surface area contributed by atoms with Gasteiger partial charge in [-0.2, -0.15) is 0 Å². The quantitative estimate of drug-likeness (QED) is 0.745. The summed E-state index contributed by atoms with van der Waals surface area (Å²) in [4.78, 5) is 37.9. The Morgan fingerprint density at radius 2 is 1.70 bits per heavy atom. The Morgan fingerprint density at radius 1 is 1.04 bits per heavy atom. The van der Waals surface area contributed by atoms with Crippen LogP contribution in [0.25, 0.3) is 0 Å². The lowest BCUT2D eigenvalue weighted by atomic mass is 10.1. The van der Waals surface area contributed by atoms with E-state index < -0.39 is 24.5 Å². The number of carbonyl (C=O) groups excluding carboxylic acids is 3. The fourth-order valence-electron chi connectivity index (χ4n) is 2.19. The molecule has 1 unspecified atom stereocenters. The van der Waals surface area contributed by atoms with Crippen molar-refractivity contribution in [1.29, 1.82) is 0 Å². The molecular weight excluding hydrogens is 391 g/mol. The van der Waals surface area contributed by atoms with Gasteiger partial charge >= 0.3 is 5.97 Å². The Balaban J connectivity index is 2.02. The lowest BCUT2D eigenvalue weighted by molar-refractivity contribution is -0.158. The van der Waals surface area contributed by atoms with E-state index in [0.717, 1.165) is 0 Å². The van der Waals surface area contributed by atoms with Gasteiger partial charge in [0, 0.05) is 25.2 Å². The summed E-state index contributed by atoms with van der Waals surface area (Å²) in [7, 11) is 3.14. The predicted octanol–water partition coefficient (Wildman–Crippen LogP) is 3.10. The first-order valence-corrected chi connectivity index (χ1v) is 8.74. The van der Waals surface area contributed by atoms with Crippen molar-refractivity contribution in [3.05, 3.63) is 69.7 Å². The van der Waals surface area contributed by atoms with Crippen molar-refractivity contribution in [3.63, 3.8) is 0 Å². The third-order valence-electron chi connectivity index (χ3n) is 3.59. The summed E-state index contributed by atoms with van der Waals surface area (Å²) in [5, 5.41) is 2.98. The number of nitrogens with one attached hydrogen (secondary N) is 1. The van der Waals surface area contributed by atoms with E-state index >= 15 is 0 Å². The van der Waals surface area contributed by atoms with Crippen LogP contribution in [0, 0.1) is 0 Å². The van der Waals surface area contributed by atoms with Crippen molar-refractivity contribution < 1.29 is 19.1 Å². The summed E-state index contributed by atoms with van der Waals surface area (Å²) in [6.45, 7) is -0.400. The van der Waals surface area contributed by atoms with E-state index in [9.17, 15) is 14.4 Å². The van der Waals surface area contributed by atoms with Gasteiger partial charge in [-0.3, -0.25) is 14.4 Å². The van der Waals surface area contributed by atoms with E-state index in [-0.39, 0.29) is 16.5 Å². The minimum Gasteiger partial charge on any atom is -0.446 e. The molecule has 6 nitrogen and oxygen atoms in total. The number of benzene rings is 2. The second-order valence-electron chi connectivity index (χ2n) is 5.82. The number of esters is 1. The van der Waals surface area contributed by atoms with Crippen LogP contribution in [0.4, 0.5) is 0 Å². The molecule has 0 radical (unpaired) electrons. The zero-order valence-electron chi connectivity index (χ0n) is 14.7. The van der Waals surface area contributed by atoms with Gasteiger partial charge in [-0.15, -0.1) is 0 Å². The number of hydrogen-bond donors (Lipinski definition) is 1. The average Bonchev–Trinajstić information content (AvgIpc) is 2.66. The predicted molar refractivity (Wildman–Crippen MR) is 103 cm³/mol. The van der Waals surface area contributed by atoms with E-state index in [0.29, 0.717) is 10.6 Å². The number of likely N-dealkylation sites (N-methyl/N-ethyl adjacent to an activating group) is 1. The fraction of sp³-hybridized carbons (Fsp3) is 0.211. The van der Waals surface area contributed by atoms with E-state index in [2.05, 4.69) is 5.32 Å². The van der Waals surface area contributed by atoms with Crippen LogP contribution in [-0.4, -0.2) is 43.3 Å². The monoisotopic (exact) mass is 408 g/mol. The molecule has 0 aliphatic heterocycles. The Kier molecular flexibility index (Phi) is 7.21. The highest BCUT2D eigenvalue weighted by Gasteiger charge is 2.26. The molecule has 0 spiro atoms. The smallest absolute Gasteiger partial charge is 0.326 e. The SMILES string of the molecule is CN(C)C(=O)C(OC(=O)CNC(=O)c1ccc(Cl)c(Cl)c1)c1ccccc1. The second kappa shape index (κ2) is 9.39. The number of halogens is 2. The molecule has 142 valence electrons. The van der Waals surface area contributed by atoms with Gasteiger partial charge in [0.2, 0.25) is 6.10 Å². The zero-order chi connectivity index (χ0) is 20.0. The molecule has 0 bridgehead atoms. The molecule has 0 saturated carbocycles. The number of nitrogens with zero attached hydrogens (tertiary/aromatic N) is 1. The molecule has 27 heavy (non-hydrogen) atoms. The van der Waals surface area contributed by atoms with E-state index in [1.165, 1.54) is 23.1 Å². The largest absolute Gasteiger partial charge is 0.446 e. The Morgan fingerprint density at radius 3 is 2.30 bits per heavy atom. The Labute approximate surface area is 167 Å². The molecule has 1 N–H and O–H groups in total. The number of amides is 2. The molecule has 1 atom stereocenters. The average molecular weight is 409 g/mol. The van der Waals surface area contributed by atoms with E-state index in [1.807, 2.05) is 0 Å². The third kappa shape index (κ3) is 5.70. The van der Waals surface area contributed by atoms with Crippen molar-refractivity contribution in [2.45, 2.75) is 6.10 Å². The van der Waals surface area contributed by atoms with Gasteiger partial charge in [-0.05, 0) is 18.2 Å². The highest BCUT2D eigenvalue weighted by Crippen LogP contribution is 2.22. The molecule has 0 aliphatic carbocycles. The van der Waals surface area contributed by atoms with Gasteiger partial charge in [0.15, 0.2) is 0 Å². The van der Waals surface area contributed by atoms with Crippen LogP contribution < -0.4 is 5.32 Å². The van der Waals surface area contributed by atoms with Crippen molar-refractivity contribution in [2.24, 2.45) is 0 Å². The first kappa shape index (κ1) is 20.7. The summed E-state index contributed by atoms with van der Waals surface area (Å²) in [6, 6.07) is 13.0. The van der Waals surface area contributed by atoms with Crippen molar-refractivity contribution in [2.75, 3.05) is 20.6 Å². The summed E-state index contributed by atoms with van der Waals surface area (Å²) >= 11 is 11.7. The van der Waals surface area contributed by atoms with Crippen LogP contribution in [0.5, 0.6) is 0 Å². The van der Waals surface area contributed by atoms with Gasteiger partial charge in [-0.1, -0.05) is 53.5 Å². The Bertz CT molecular complexity index is 841. The van der Waals surface area contributed by atoms with Crippen molar-refractivity contribution in [1.82, 2.24) is 10.2 Å². The highest BCUT2D eigenvalue weighted by molar-refractivity contribution is 6.42. The molecule has 2 aromatic carbocycles. The molecular formula is C19H18Cl2N2O4. The minimum absolute atomic E-state index is 0.229. The fourth-order valence-corrected chi connectivity index (χ4v) is 2.49. The van der Waals surface area contributed by atoms with Gasteiger partial charge in [-0.25, -0.2) is 0 Å². The lowest BCUT2D eigenvalue weighted by Gasteiger charge is -2.21. The third-order valence-corrected chi connectivity index (χ3v) is 4.33. The van der Waals surface area contributed by atoms with Gasteiger partial charge in [0.05, 0.1) is 10.0 Å². The number of carbonyl (C=O) groups is 3. The number of hydrogen-bond acceptors (Lipinski definition) is 4. The van der Waals surface area contributed by atoms with Crippen LogP contribution in [0.15, 0.2) is 48.5 Å². The van der Waals surface area contributed by atoms with Crippen LogP contribution >= 0.6 is 23.2 Å². The van der Waals surface area contributed by atoms with Gasteiger partial charge in [0.25, 0.3) is 11.8 Å². The first-order chi connectivity index (χ1) is 12.8. The molecule has 0 heterocycles. The molecule has 2 amide bonds. The normalized spacial score (nSPS) is 11.4. The number of rotatable bonds is 6. The van der Waals surface area contributed by atoms with E-state index in [1.54, 1.807) is 44.4 Å². The molecule has 0 aromatic heterocycles. The minimum atomic E-state index is -1.09. The molecule has 2 rings (SSSR count). The maximum atomic E-state index is 12.3. The molecule has 0 saturated heterocycles. The van der Waals surface area contributed by atoms with Crippen LogP contribution in [-0.2, 0) is 14.3 Å². The Hall–Kier alpha value is -2.57. The first-order valence-electron chi connectivity index (χ1n) is 7.98. The maximum Gasteiger partial charge on any atom is 0.326 e. The summed E-state index contributed by atoms with van der Waals surface area (Å²) in [6.07, 6.45) is -1.09. The highest BCUT2D eigenvalue weighted by atomic mass is 35.5. The van der Waals surface area contributed by atoms with Crippen molar-refractivity contribution >= 4 is 41.0 Å². The summed E-state index contributed by atoms with van der Waals surface area (Å²) in [5.41, 5.74) is 0.793. The molecule has 8 heteroatoms. The maximum absolute atomic E-state index is 12.3. The van der Waals surface area contributed by atoms with Crippen LogP contribution in [0.3, 0.4) is 0 Å². The van der Waals surface area contributed by atoms with Gasteiger partial charge in [0.1, 0.15) is 6.54 Å². The van der Waals surface area contributed by atoms with Crippen LogP contribution in [0.2, 0.25) is 10.0 Å². The molecule has 0 fully saturated rings. The molecule has 0 aliphatic rings. The topological polar surface area (TPSA) is 75.7 Å². The second-order valence-corrected chi connectivity index (χ2v) is 6.64.